The highest BCUT2D eigenvalue weighted by Crippen LogP contribution is 2.43. The number of benzene rings is 1. The molecule has 0 bridgehead atoms. The predicted octanol–water partition coefficient (Wildman–Crippen LogP) is 5.18. The Morgan fingerprint density at radius 3 is 2.76 bits per heavy atom. The highest BCUT2D eigenvalue weighted by molar-refractivity contribution is 9.10. The number of aryl methyl sites for hydroxylation is 1. The van der Waals surface area contributed by atoms with E-state index in [4.69, 9.17) is 0 Å². The Kier molecular flexibility index (Phi) is 4.77. The summed E-state index contributed by atoms with van der Waals surface area (Å²) >= 11 is 4.72. The lowest BCUT2D eigenvalue weighted by Gasteiger charge is -2.33. The Labute approximate surface area is 179 Å². The maximum absolute atomic E-state index is 12.9. The van der Waals surface area contributed by atoms with E-state index in [1.807, 2.05) is 0 Å². The number of H-pyrrole nitrogens is 1. The molecule has 7 nitrogen and oxygen atoms in total. The van der Waals surface area contributed by atoms with Gasteiger partial charge >= 0.3 is 5.69 Å². The third-order valence-corrected chi connectivity index (χ3v) is 7.26. The molecular formula is C20H20BrN3O4S. The molecule has 9 heteroatoms. The molecule has 1 unspecified atom stereocenters. The summed E-state index contributed by atoms with van der Waals surface area (Å²) in [6.45, 7) is 6.71. The number of nitrogens with zero attached hydrogens (tertiary/aromatic N) is 2. The molecule has 0 radical (unpaired) electrons. The molecule has 29 heavy (non-hydrogen) atoms. The van der Waals surface area contributed by atoms with Gasteiger partial charge in [0.15, 0.2) is 0 Å². The number of fused-ring (bicyclic) bond motifs is 3. The topological polar surface area (TPSA) is 109 Å². The summed E-state index contributed by atoms with van der Waals surface area (Å²) in [6, 6.07) is 2.72. The number of thiophene rings is 1. The highest BCUT2D eigenvalue weighted by atomic mass is 79.9. The number of aromatic hydroxyl groups is 1. The van der Waals surface area contributed by atoms with Crippen LogP contribution in [0.3, 0.4) is 0 Å². The minimum absolute atomic E-state index is 0.115. The minimum Gasteiger partial charge on any atom is -0.502 e. The first-order valence-corrected chi connectivity index (χ1v) is 10.9. The molecule has 0 amide bonds. The number of hydrogen-bond acceptors (Lipinski definition) is 6. The quantitative estimate of drug-likeness (QED) is 0.390. The standard InChI is InChI=1S/C20H20BrN3O4S/c1-20(2,3)9-4-5-11-14(6-9)29-19-15(11)18(26)22-17(23-19)12-7-10(21)8-13(16(12)25)24(27)28/h7-9,25H,4-6H2,1-3H3,(H,22,23,26). The minimum atomic E-state index is -0.670. The monoisotopic (exact) mass is 477 g/mol. The number of nitro benzene ring substituents is 1. The lowest BCUT2D eigenvalue weighted by atomic mass is 9.72. The number of nitro groups is 1. The maximum Gasteiger partial charge on any atom is 0.312 e. The number of halogens is 1. The molecule has 3 aromatic rings. The summed E-state index contributed by atoms with van der Waals surface area (Å²) in [7, 11) is 0. The van der Waals surface area contributed by atoms with Crippen LogP contribution in [0.1, 0.15) is 37.6 Å². The van der Waals surface area contributed by atoms with Gasteiger partial charge in [-0.2, -0.15) is 0 Å². The van der Waals surface area contributed by atoms with E-state index in [1.165, 1.54) is 28.3 Å². The molecule has 0 saturated heterocycles. The SMILES string of the molecule is CC(C)(C)C1CCc2c(sc3nc(-c4cc(Br)cc([N+](=O)[O-])c4O)[nH]c(=O)c23)C1. The van der Waals surface area contributed by atoms with Gasteiger partial charge in [0.1, 0.15) is 10.7 Å². The first-order chi connectivity index (χ1) is 13.6. The molecule has 1 aromatic carbocycles. The number of phenolic OH excluding ortho intramolecular Hbond substituents is 1. The van der Waals surface area contributed by atoms with Crippen molar-refractivity contribution in [3.8, 4) is 17.1 Å². The van der Waals surface area contributed by atoms with Crippen molar-refractivity contribution in [3.05, 3.63) is 47.5 Å². The molecule has 0 aliphatic heterocycles. The van der Waals surface area contributed by atoms with Gasteiger partial charge in [0.2, 0.25) is 5.75 Å². The molecule has 1 aliphatic carbocycles. The second kappa shape index (κ2) is 6.91. The first kappa shape index (κ1) is 20.0. The molecule has 0 fully saturated rings. The fourth-order valence-corrected chi connectivity index (χ4v) is 5.70. The van der Waals surface area contributed by atoms with Crippen LogP contribution >= 0.6 is 27.3 Å². The van der Waals surface area contributed by atoms with Gasteiger partial charge in [-0.3, -0.25) is 14.9 Å². The second-order valence-corrected chi connectivity index (χ2v) is 10.5. The number of rotatable bonds is 2. The van der Waals surface area contributed by atoms with E-state index < -0.39 is 16.4 Å². The Hall–Kier alpha value is -2.26. The largest absolute Gasteiger partial charge is 0.502 e. The summed E-state index contributed by atoms with van der Waals surface area (Å²) < 4.78 is 0.415. The summed E-state index contributed by atoms with van der Waals surface area (Å²) in [5.41, 5.74) is 0.647. The molecular weight excluding hydrogens is 458 g/mol. The second-order valence-electron chi connectivity index (χ2n) is 8.48. The van der Waals surface area contributed by atoms with E-state index in [-0.39, 0.29) is 22.4 Å². The van der Waals surface area contributed by atoms with Crippen molar-refractivity contribution < 1.29 is 10.0 Å². The van der Waals surface area contributed by atoms with Crippen molar-refractivity contribution in [2.24, 2.45) is 11.3 Å². The van der Waals surface area contributed by atoms with Gasteiger partial charge in [-0.1, -0.05) is 36.7 Å². The fourth-order valence-electron chi connectivity index (χ4n) is 3.96. The zero-order valence-electron chi connectivity index (χ0n) is 16.2. The molecule has 1 aliphatic rings. The van der Waals surface area contributed by atoms with Crippen LogP contribution in [0, 0.1) is 21.4 Å². The Morgan fingerprint density at radius 2 is 2.10 bits per heavy atom. The summed E-state index contributed by atoms with van der Waals surface area (Å²) in [5.74, 6) is 0.142. The third kappa shape index (κ3) is 3.46. The number of hydrogen-bond donors (Lipinski definition) is 2. The van der Waals surface area contributed by atoms with E-state index in [9.17, 15) is 20.0 Å². The Balaban J connectivity index is 1.87. The zero-order chi connectivity index (χ0) is 21.1. The smallest absolute Gasteiger partial charge is 0.312 e. The van der Waals surface area contributed by atoms with E-state index >= 15 is 0 Å². The molecule has 2 N–H and O–H groups in total. The van der Waals surface area contributed by atoms with Crippen LogP contribution in [0.25, 0.3) is 21.6 Å². The van der Waals surface area contributed by atoms with Crippen molar-refractivity contribution in [1.29, 1.82) is 0 Å². The first-order valence-electron chi connectivity index (χ1n) is 9.28. The van der Waals surface area contributed by atoms with Gasteiger partial charge in [-0.25, -0.2) is 4.98 Å². The van der Waals surface area contributed by atoms with Gasteiger partial charge < -0.3 is 10.1 Å². The van der Waals surface area contributed by atoms with Crippen molar-refractivity contribution >= 4 is 43.2 Å². The van der Waals surface area contributed by atoms with Gasteiger partial charge in [-0.15, -0.1) is 11.3 Å². The van der Waals surface area contributed by atoms with Gasteiger partial charge in [-0.05, 0) is 42.2 Å². The lowest BCUT2D eigenvalue weighted by molar-refractivity contribution is -0.385. The molecule has 2 heterocycles. The summed E-state index contributed by atoms with van der Waals surface area (Å²) in [6.07, 6.45) is 2.79. The number of phenols is 1. The van der Waals surface area contributed by atoms with E-state index in [0.29, 0.717) is 20.6 Å². The average molecular weight is 478 g/mol. The average Bonchev–Trinajstić information content (AvgIpc) is 3.00. The highest BCUT2D eigenvalue weighted by Gasteiger charge is 2.32. The summed E-state index contributed by atoms with van der Waals surface area (Å²) in [5, 5.41) is 22.2. The van der Waals surface area contributed by atoms with Crippen LogP contribution in [0.5, 0.6) is 5.75 Å². The van der Waals surface area contributed by atoms with E-state index in [1.54, 1.807) is 0 Å². The molecule has 1 atom stereocenters. The third-order valence-electron chi connectivity index (χ3n) is 5.65. The van der Waals surface area contributed by atoms with Crippen LogP contribution in [-0.4, -0.2) is 20.0 Å². The van der Waals surface area contributed by atoms with Crippen LogP contribution < -0.4 is 5.56 Å². The van der Waals surface area contributed by atoms with E-state index in [2.05, 4.69) is 46.7 Å². The predicted molar refractivity (Wildman–Crippen MR) is 117 cm³/mol. The molecule has 152 valence electrons. The van der Waals surface area contributed by atoms with Crippen molar-refractivity contribution in [2.75, 3.05) is 0 Å². The molecule has 2 aromatic heterocycles. The van der Waals surface area contributed by atoms with Gasteiger partial charge in [0.25, 0.3) is 5.56 Å². The molecule has 0 saturated carbocycles. The zero-order valence-corrected chi connectivity index (χ0v) is 18.6. The number of aromatic amines is 1. The van der Waals surface area contributed by atoms with Crippen molar-refractivity contribution in [1.82, 2.24) is 9.97 Å². The van der Waals surface area contributed by atoms with E-state index in [0.717, 1.165) is 24.8 Å². The van der Waals surface area contributed by atoms with Crippen LogP contribution in [0.15, 0.2) is 21.4 Å². The molecule has 0 spiro atoms. The normalized spacial score (nSPS) is 16.8. The van der Waals surface area contributed by atoms with Crippen LogP contribution in [-0.2, 0) is 12.8 Å². The maximum atomic E-state index is 12.9. The molecule has 4 rings (SSSR count). The van der Waals surface area contributed by atoms with Gasteiger partial charge in [0, 0.05) is 15.4 Å². The van der Waals surface area contributed by atoms with Gasteiger partial charge in [0.05, 0.1) is 15.9 Å². The van der Waals surface area contributed by atoms with Crippen molar-refractivity contribution in [3.63, 3.8) is 0 Å². The van der Waals surface area contributed by atoms with Crippen LogP contribution in [0.4, 0.5) is 5.69 Å². The Bertz CT molecular complexity index is 1210. The van der Waals surface area contributed by atoms with Crippen molar-refractivity contribution in [2.45, 2.75) is 40.0 Å². The number of aromatic nitrogens is 2. The summed E-state index contributed by atoms with van der Waals surface area (Å²) in [4.78, 5) is 32.5. The Morgan fingerprint density at radius 1 is 1.38 bits per heavy atom. The number of nitrogens with one attached hydrogen (secondary N) is 1. The fraction of sp³-hybridized carbons (Fsp3) is 0.400. The lowest BCUT2D eigenvalue weighted by Crippen LogP contribution is -2.26. The van der Waals surface area contributed by atoms with Crippen LogP contribution in [0.2, 0.25) is 0 Å².